The van der Waals surface area contributed by atoms with Crippen LogP contribution in [-0.4, -0.2) is 45.5 Å². The average Bonchev–Trinajstić information content (AvgIpc) is 3.49. The molecule has 0 N–H and O–H groups in total. The van der Waals surface area contributed by atoms with Crippen LogP contribution in [0.2, 0.25) is 0 Å². The van der Waals surface area contributed by atoms with Crippen LogP contribution in [0.3, 0.4) is 0 Å². The predicted octanol–water partition coefficient (Wildman–Crippen LogP) is 5.00. The third kappa shape index (κ3) is 6.35. The Hall–Kier alpha value is -3.56. The van der Waals surface area contributed by atoms with Gasteiger partial charge in [-0.2, -0.15) is 4.80 Å². The lowest BCUT2D eigenvalue weighted by atomic mass is 10.1. The van der Waals surface area contributed by atoms with Gasteiger partial charge in [0.1, 0.15) is 12.4 Å². The van der Waals surface area contributed by atoms with Crippen LogP contribution in [0.5, 0.6) is 5.75 Å². The van der Waals surface area contributed by atoms with Crippen LogP contribution in [0.25, 0.3) is 21.8 Å². The van der Waals surface area contributed by atoms with Crippen LogP contribution in [0.15, 0.2) is 54.6 Å². The zero-order valence-corrected chi connectivity index (χ0v) is 21.7. The number of aromatic nitrogens is 4. The number of hydrogen-bond donors (Lipinski definition) is 0. The van der Waals surface area contributed by atoms with Gasteiger partial charge in [0.05, 0.1) is 13.7 Å². The first-order valence-corrected chi connectivity index (χ1v) is 12.7. The second kappa shape index (κ2) is 11.9. The molecular weight excluding hydrogens is 476 g/mol. The van der Waals surface area contributed by atoms with Gasteiger partial charge in [0.15, 0.2) is 6.10 Å². The summed E-state index contributed by atoms with van der Waals surface area (Å²) in [4.78, 5) is 15.9. The lowest BCUT2D eigenvalue weighted by Crippen LogP contribution is -2.28. The Bertz CT molecular complexity index is 1280. The molecule has 0 aliphatic carbocycles. The fourth-order valence-corrected chi connectivity index (χ4v) is 4.81. The number of thiophene rings is 1. The summed E-state index contributed by atoms with van der Waals surface area (Å²) < 4.78 is 16.7. The molecule has 0 unspecified atom stereocenters. The number of benzene rings is 2. The van der Waals surface area contributed by atoms with Gasteiger partial charge in [0.2, 0.25) is 5.82 Å². The average molecular weight is 507 g/mol. The highest BCUT2D eigenvalue weighted by Gasteiger charge is 2.20. The molecule has 4 rings (SSSR count). The van der Waals surface area contributed by atoms with Crippen molar-refractivity contribution in [2.24, 2.45) is 7.05 Å². The third-order valence-electron chi connectivity index (χ3n) is 5.59. The number of carbonyl (C=O) groups excluding carboxylic acids is 1. The number of rotatable bonds is 11. The van der Waals surface area contributed by atoms with Crippen molar-refractivity contribution in [3.8, 4) is 27.6 Å². The lowest BCUT2D eigenvalue weighted by molar-refractivity contribution is -0.156. The van der Waals surface area contributed by atoms with Crippen molar-refractivity contribution in [2.45, 2.75) is 39.9 Å². The molecule has 2 aromatic heterocycles. The molecule has 8 nitrogen and oxygen atoms in total. The maximum atomic E-state index is 12.1. The van der Waals surface area contributed by atoms with Crippen molar-refractivity contribution in [2.75, 3.05) is 13.2 Å². The highest BCUT2D eigenvalue weighted by Crippen LogP contribution is 2.33. The fraction of sp³-hybridized carbons (Fsp3) is 0.333. The number of nitrogens with zero attached hydrogens (tertiary/aromatic N) is 4. The molecule has 0 saturated carbocycles. The Labute approximate surface area is 214 Å². The van der Waals surface area contributed by atoms with Gasteiger partial charge in [-0.05, 0) is 60.9 Å². The van der Waals surface area contributed by atoms with E-state index in [4.69, 9.17) is 14.2 Å². The van der Waals surface area contributed by atoms with Crippen LogP contribution < -0.4 is 4.74 Å². The van der Waals surface area contributed by atoms with E-state index in [9.17, 15) is 4.79 Å². The van der Waals surface area contributed by atoms with Gasteiger partial charge in [-0.15, -0.1) is 21.5 Å². The standard InChI is InChI=1S/C27H30N4O4S/c1-5-33-23(27(32)34-6-2)16-19-7-13-22(14-8-19)35-17-25-18(3)15-24(36-25)20-9-11-21(12-10-20)26-28-30-31(4)29-26/h7-15,23H,5-6,16-17H2,1-4H3/t23-/m0/s1. The largest absolute Gasteiger partial charge is 0.488 e. The molecule has 188 valence electrons. The molecule has 0 fully saturated rings. The van der Waals surface area contributed by atoms with Crippen LogP contribution >= 0.6 is 11.3 Å². The molecule has 0 aliphatic rings. The Morgan fingerprint density at radius 2 is 1.75 bits per heavy atom. The zero-order chi connectivity index (χ0) is 25.5. The minimum Gasteiger partial charge on any atom is -0.488 e. The molecule has 2 aromatic carbocycles. The summed E-state index contributed by atoms with van der Waals surface area (Å²) in [5, 5.41) is 12.2. The number of hydrogen-bond acceptors (Lipinski definition) is 8. The summed E-state index contributed by atoms with van der Waals surface area (Å²) in [5.74, 6) is 1.06. The van der Waals surface area contributed by atoms with Gasteiger partial charge in [0.25, 0.3) is 0 Å². The van der Waals surface area contributed by atoms with E-state index in [1.165, 1.54) is 20.1 Å². The van der Waals surface area contributed by atoms with Crippen molar-refractivity contribution in [1.29, 1.82) is 0 Å². The van der Waals surface area contributed by atoms with E-state index in [-0.39, 0.29) is 5.97 Å². The molecule has 0 radical (unpaired) electrons. The molecular formula is C27H30N4O4S. The molecule has 0 spiro atoms. The summed E-state index contributed by atoms with van der Waals surface area (Å²) in [5.41, 5.74) is 4.25. The highest BCUT2D eigenvalue weighted by atomic mass is 32.1. The number of ether oxygens (including phenoxy) is 3. The van der Waals surface area contributed by atoms with Crippen LogP contribution in [0.4, 0.5) is 0 Å². The summed E-state index contributed by atoms with van der Waals surface area (Å²) in [7, 11) is 1.75. The minimum atomic E-state index is -0.597. The summed E-state index contributed by atoms with van der Waals surface area (Å²) in [6.07, 6.45) is -0.133. The van der Waals surface area contributed by atoms with Gasteiger partial charge in [0, 0.05) is 28.3 Å². The van der Waals surface area contributed by atoms with E-state index in [0.717, 1.165) is 22.4 Å². The molecule has 0 bridgehead atoms. The van der Waals surface area contributed by atoms with Gasteiger partial charge < -0.3 is 14.2 Å². The van der Waals surface area contributed by atoms with Crippen molar-refractivity contribution < 1.29 is 19.0 Å². The maximum absolute atomic E-state index is 12.1. The SMILES string of the molecule is CCOC(=O)[C@H](Cc1ccc(OCc2sc(-c3ccc(-c4nnn(C)n4)cc3)cc2C)cc1)OCC. The third-order valence-corrected chi connectivity index (χ3v) is 6.85. The molecule has 0 aliphatic heterocycles. The summed E-state index contributed by atoms with van der Waals surface area (Å²) in [6.45, 7) is 7.04. The monoisotopic (exact) mass is 506 g/mol. The predicted molar refractivity (Wildman–Crippen MR) is 139 cm³/mol. The van der Waals surface area contributed by atoms with Crippen LogP contribution in [-0.2, 0) is 34.3 Å². The van der Waals surface area contributed by atoms with E-state index < -0.39 is 6.10 Å². The maximum Gasteiger partial charge on any atom is 0.335 e. The summed E-state index contributed by atoms with van der Waals surface area (Å²) in [6, 6.07) is 18.1. The molecule has 1 atom stereocenters. The van der Waals surface area contributed by atoms with Gasteiger partial charge in [-0.25, -0.2) is 4.79 Å². The van der Waals surface area contributed by atoms with Crippen molar-refractivity contribution in [3.05, 3.63) is 70.6 Å². The quantitative estimate of drug-likeness (QED) is 0.264. The van der Waals surface area contributed by atoms with Gasteiger partial charge in [-0.3, -0.25) is 0 Å². The Morgan fingerprint density at radius 1 is 1.03 bits per heavy atom. The van der Waals surface area contributed by atoms with E-state index in [2.05, 4.69) is 40.5 Å². The van der Waals surface area contributed by atoms with Crippen LogP contribution in [0, 0.1) is 6.92 Å². The van der Waals surface area contributed by atoms with Crippen molar-refractivity contribution in [1.82, 2.24) is 20.2 Å². The first-order chi connectivity index (χ1) is 17.5. The topological polar surface area (TPSA) is 88.4 Å². The van der Waals surface area contributed by atoms with Crippen molar-refractivity contribution >= 4 is 17.3 Å². The molecule has 0 amide bonds. The second-order valence-electron chi connectivity index (χ2n) is 8.23. The van der Waals surface area contributed by atoms with Crippen LogP contribution in [0.1, 0.15) is 29.9 Å². The Morgan fingerprint density at radius 3 is 2.39 bits per heavy atom. The molecule has 4 aromatic rings. The number of tetrazole rings is 1. The molecule has 9 heteroatoms. The number of esters is 1. The van der Waals surface area contributed by atoms with E-state index in [0.29, 0.717) is 32.1 Å². The first-order valence-electron chi connectivity index (χ1n) is 11.9. The lowest BCUT2D eigenvalue weighted by Gasteiger charge is -2.15. The minimum absolute atomic E-state index is 0.330. The Balaban J connectivity index is 1.36. The smallest absolute Gasteiger partial charge is 0.335 e. The van der Waals surface area contributed by atoms with E-state index in [1.54, 1.807) is 25.3 Å². The number of aryl methyl sites for hydroxylation is 2. The Kier molecular flexibility index (Phi) is 8.45. The van der Waals surface area contributed by atoms with E-state index >= 15 is 0 Å². The summed E-state index contributed by atoms with van der Waals surface area (Å²) >= 11 is 1.72. The highest BCUT2D eigenvalue weighted by molar-refractivity contribution is 7.15. The first kappa shape index (κ1) is 25.5. The fourth-order valence-electron chi connectivity index (χ4n) is 3.72. The van der Waals surface area contributed by atoms with E-state index in [1.807, 2.05) is 43.3 Å². The van der Waals surface area contributed by atoms with Gasteiger partial charge >= 0.3 is 5.97 Å². The zero-order valence-electron chi connectivity index (χ0n) is 20.9. The van der Waals surface area contributed by atoms with Gasteiger partial charge in [-0.1, -0.05) is 36.4 Å². The second-order valence-corrected chi connectivity index (χ2v) is 9.37. The molecule has 0 saturated heterocycles. The van der Waals surface area contributed by atoms with Crippen molar-refractivity contribution in [3.63, 3.8) is 0 Å². The molecule has 36 heavy (non-hydrogen) atoms. The number of carbonyl (C=O) groups is 1. The molecule has 2 heterocycles. The normalized spacial score (nSPS) is 11.9.